The molecule has 1 aromatic heterocycles. The molecule has 6 nitrogen and oxygen atoms in total. The highest BCUT2D eigenvalue weighted by molar-refractivity contribution is 6.41. The number of aromatic nitrogens is 2. The number of fused-ring (bicyclic) bond motifs is 1. The Labute approximate surface area is 172 Å². The van der Waals surface area contributed by atoms with Crippen LogP contribution >= 0.6 is 0 Å². The minimum atomic E-state index is -5.77. The van der Waals surface area contributed by atoms with Gasteiger partial charge in [-0.3, -0.25) is 14.4 Å². The molecule has 1 aromatic carbocycles. The molecule has 2 heterocycles. The summed E-state index contributed by atoms with van der Waals surface area (Å²) in [5.41, 5.74) is 0.767. The van der Waals surface area contributed by atoms with E-state index in [-0.39, 0.29) is 5.56 Å². The minimum absolute atomic E-state index is 0.0265. The molecular weight excluding hydrogens is 432 g/mol. The van der Waals surface area contributed by atoms with Crippen LogP contribution in [-0.4, -0.2) is 47.0 Å². The lowest BCUT2D eigenvalue weighted by Gasteiger charge is -2.27. The first-order valence-electron chi connectivity index (χ1n) is 9.24. The zero-order chi connectivity index (χ0) is 23.4. The monoisotopic (exact) mass is 451 g/mol. The van der Waals surface area contributed by atoms with E-state index in [9.17, 15) is 40.7 Å². The number of hydrogen-bond donors (Lipinski definition) is 2. The molecule has 170 valence electrons. The molecule has 31 heavy (non-hydrogen) atoms. The van der Waals surface area contributed by atoms with E-state index in [1.54, 1.807) is 0 Å². The molecule has 0 spiro atoms. The van der Waals surface area contributed by atoms with Crippen LogP contribution in [0.25, 0.3) is 10.9 Å². The normalized spacial score (nSPS) is 16.4. The molecule has 1 unspecified atom stereocenters. The summed E-state index contributed by atoms with van der Waals surface area (Å²) in [6.07, 6.45) is -9.24. The van der Waals surface area contributed by atoms with Crippen molar-refractivity contribution in [2.24, 2.45) is 5.92 Å². The molecule has 1 atom stereocenters. The van der Waals surface area contributed by atoms with Gasteiger partial charge in [0.1, 0.15) is 5.82 Å². The number of para-hydroxylation sites is 1. The van der Waals surface area contributed by atoms with Crippen LogP contribution in [0.3, 0.4) is 0 Å². The second-order valence-corrected chi connectivity index (χ2v) is 7.00. The number of carbonyl (C=O) groups excluding carboxylic acids is 2. The van der Waals surface area contributed by atoms with Crippen molar-refractivity contribution in [3.05, 3.63) is 40.4 Å². The molecule has 1 saturated heterocycles. The summed E-state index contributed by atoms with van der Waals surface area (Å²) in [6, 6.07) is 7.52. The van der Waals surface area contributed by atoms with E-state index in [0.717, 1.165) is 37.3 Å². The largest absolute Gasteiger partial charge is 0.458 e. The van der Waals surface area contributed by atoms with E-state index >= 15 is 0 Å². The van der Waals surface area contributed by atoms with Gasteiger partial charge in [0, 0.05) is 5.92 Å². The molecule has 0 bridgehead atoms. The van der Waals surface area contributed by atoms with Crippen LogP contribution in [0.4, 0.5) is 26.3 Å². The number of hydrogen-bond acceptors (Lipinski definition) is 5. The highest BCUT2D eigenvalue weighted by Crippen LogP contribution is 2.28. The molecular formula is C19H19F6N3O3. The Morgan fingerprint density at radius 3 is 2.03 bits per heavy atom. The smallest absolute Gasteiger partial charge is 0.317 e. The number of ketones is 2. The number of piperidine rings is 1. The van der Waals surface area contributed by atoms with Crippen molar-refractivity contribution in [2.75, 3.05) is 13.1 Å². The SMILES string of the molecule is CC(c1nc2ccccc2c(=O)[nH]1)C1CCNCC1.O=C(C(=O)C(F)(F)F)C(F)(F)F. The van der Waals surface area contributed by atoms with E-state index in [0.29, 0.717) is 17.2 Å². The van der Waals surface area contributed by atoms with E-state index in [1.807, 2.05) is 24.3 Å². The third-order valence-corrected chi connectivity index (χ3v) is 4.87. The Morgan fingerprint density at radius 2 is 1.52 bits per heavy atom. The predicted molar refractivity (Wildman–Crippen MR) is 98.5 cm³/mol. The average Bonchev–Trinajstić information content (AvgIpc) is 2.72. The van der Waals surface area contributed by atoms with Crippen molar-refractivity contribution >= 4 is 22.5 Å². The molecule has 2 N–H and O–H groups in total. The molecule has 1 fully saturated rings. The highest BCUT2D eigenvalue weighted by Gasteiger charge is 2.54. The summed E-state index contributed by atoms with van der Waals surface area (Å²) in [6.45, 7) is 4.29. The van der Waals surface area contributed by atoms with Crippen molar-refractivity contribution in [1.82, 2.24) is 15.3 Å². The summed E-state index contributed by atoms with van der Waals surface area (Å²) in [5, 5.41) is 4.04. The van der Waals surface area contributed by atoms with Gasteiger partial charge in [0.15, 0.2) is 0 Å². The molecule has 0 radical (unpaired) electrons. The summed E-state index contributed by atoms with van der Waals surface area (Å²) in [7, 11) is 0. The minimum Gasteiger partial charge on any atom is -0.317 e. The lowest BCUT2D eigenvalue weighted by atomic mass is 9.85. The summed E-state index contributed by atoms with van der Waals surface area (Å²) in [5.74, 6) is -5.08. The van der Waals surface area contributed by atoms with Crippen molar-refractivity contribution < 1.29 is 35.9 Å². The second-order valence-electron chi connectivity index (χ2n) is 7.00. The van der Waals surface area contributed by atoms with E-state index in [1.165, 1.54) is 0 Å². The standard InChI is InChI=1S/C15H19N3O.C4F6O2/c1-10(11-6-8-16-9-7-11)14-17-13-5-3-2-4-12(13)15(19)18-14;5-3(6,7)1(11)2(12)4(8,9)10/h2-5,10-11,16H,6-9H2,1H3,(H,17,18,19);. The first kappa shape index (κ1) is 24.5. The molecule has 0 saturated carbocycles. The van der Waals surface area contributed by atoms with Gasteiger partial charge in [-0.15, -0.1) is 0 Å². The van der Waals surface area contributed by atoms with E-state index in [2.05, 4.69) is 22.2 Å². The number of rotatable bonds is 3. The van der Waals surface area contributed by atoms with Crippen LogP contribution in [0, 0.1) is 5.92 Å². The average molecular weight is 451 g/mol. The molecule has 0 aliphatic carbocycles. The number of nitrogens with zero attached hydrogens (tertiary/aromatic N) is 1. The first-order valence-corrected chi connectivity index (χ1v) is 9.24. The Bertz CT molecular complexity index is 970. The lowest BCUT2D eigenvalue weighted by molar-refractivity contribution is -0.193. The van der Waals surface area contributed by atoms with Crippen LogP contribution in [0.5, 0.6) is 0 Å². The van der Waals surface area contributed by atoms with E-state index < -0.39 is 23.9 Å². The van der Waals surface area contributed by atoms with Crippen LogP contribution in [0.1, 0.15) is 31.5 Å². The Balaban J connectivity index is 0.000000248. The fourth-order valence-electron chi connectivity index (χ4n) is 3.15. The van der Waals surface area contributed by atoms with Gasteiger partial charge in [0.05, 0.1) is 10.9 Å². The van der Waals surface area contributed by atoms with Crippen molar-refractivity contribution in [3.8, 4) is 0 Å². The highest BCUT2D eigenvalue weighted by atomic mass is 19.4. The van der Waals surface area contributed by atoms with Crippen LogP contribution in [-0.2, 0) is 9.59 Å². The third kappa shape index (κ3) is 6.36. The van der Waals surface area contributed by atoms with Crippen molar-refractivity contribution in [1.29, 1.82) is 0 Å². The number of Topliss-reactive ketones (excluding diaryl/α,β-unsaturated/α-hetero) is 2. The number of nitrogens with one attached hydrogen (secondary N) is 2. The Kier molecular flexibility index (Phi) is 7.58. The molecule has 12 heteroatoms. The van der Waals surface area contributed by atoms with E-state index in [4.69, 9.17) is 0 Å². The van der Waals surface area contributed by atoms with Gasteiger partial charge >= 0.3 is 23.9 Å². The number of carbonyl (C=O) groups is 2. The Morgan fingerprint density at radius 1 is 1.00 bits per heavy atom. The van der Waals surface area contributed by atoms with Crippen LogP contribution in [0.15, 0.2) is 29.1 Å². The molecule has 0 amide bonds. The lowest BCUT2D eigenvalue weighted by Crippen LogP contribution is -2.39. The second kappa shape index (κ2) is 9.58. The first-order chi connectivity index (χ1) is 14.3. The van der Waals surface area contributed by atoms with Crippen molar-refractivity contribution in [3.63, 3.8) is 0 Å². The summed E-state index contributed by atoms with van der Waals surface area (Å²) < 4.78 is 67.0. The zero-order valence-corrected chi connectivity index (χ0v) is 16.2. The Hall–Kier alpha value is -2.76. The summed E-state index contributed by atoms with van der Waals surface area (Å²) >= 11 is 0. The summed E-state index contributed by atoms with van der Waals surface area (Å²) in [4.78, 5) is 38.9. The molecule has 2 aromatic rings. The van der Waals surface area contributed by atoms with Gasteiger partial charge in [-0.1, -0.05) is 19.1 Å². The number of benzene rings is 1. The third-order valence-electron chi connectivity index (χ3n) is 4.87. The molecule has 3 rings (SSSR count). The zero-order valence-electron chi connectivity index (χ0n) is 16.2. The number of H-pyrrole nitrogens is 1. The van der Waals surface area contributed by atoms with Gasteiger partial charge in [-0.25, -0.2) is 4.98 Å². The maximum absolute atomic E-state index is 12.1. The van der Waals surface area contributed by atoms with Gasteiger partial charge < -0.3 is 10.3 Å². The molecule has 1 aliphatic rings. The topological polar surface area (TPSA) is 91.9 Å². The van der Waals surface area contributed by atoms with Gasteiger partial charge in [0.25, 0.3) is 5.56 Å². The molecule has 1 aliphatic heterocycles. The number of alkyl halides is 6. The van der Waals surface area contributed by atoms with Gasteiger partial charge in [-0.05, 0) is 44.0 Å². The van der Waals surface area contributed by atoms with Crippen LogP contribution < -0.4 is 10.9 Å². The fraction of sp³-hybridized carbons (Fsp3) is 0.474. The maximum atomic E-state index is 12.1. The number of aromatic amines is 1. The van der Waals surface area contributed by atoms with Crippen LogP contribution in [0.2, 0.25) is 0 Å². The van der Waals surface area contributed by atoms with Crippen molar-refractivity contribution in [2.45, 2.75) is 38.0 Å². The fourth-order valence-corrected chi connectivity index (χ4v) is 3.15. The predicted octanol–water partition coefficient (Wildman–Crippen LogP) is 3.28. The van der Waals surface area contributed by atoms with Gasteiger partial charge in [0.2, 0.25) is 0 Å². The maximum Gasteiger partial charge on any atom is 0.458 e. The quantitative estimate of drug-likeness (QED) is 0.552. The van der Waals surface area contributed by atoms with Gasteiger partial charge in [-0.2, -0.15) is 26.3 Å². The number of halogens is 6.